The van der Waals surface area contributed by atoms with Gasteiger partial charge < -0.3 is 15.2 Å². The average Bonchev–Trinajstić information content (AvgIpc) is 2.52. The Labute approximate surface area is 142 Å². The lowest BCUT2D eigenvalue weighted by Gasteiger charge is -2.33. The van der Waals surface area contributed by atoms with Crippen molar-refractivity contribution in [1.29, 1.82) is 0 Å². The number of rotatable bonds is 4. The summed E-state index contributed by atoms with van der Waals surface area (Å²) in [6.45, 7) is 8.85. The van der Waals surface area contributed by atoms with E-state index in [1.165, 1.54) is 0 Å². The number of amides is 2. The molecular weight excluding hydrogens is 306 g/mol. The SMILES string of the molecule is Cc1cc(C)c(CNC(=O)[C@H]2CCCN(C(=O)C(C)C)C2)c(=O)[nH]1. The van der Waals surface area contributed by atoms with E-state index in [-0.39, 0.29) is 35.8 Å². The van der Waals surface area contributed by atoms with Gasteiger partial charge in [-0.2, -0.15) is 0 Å². The minimum atomic E-state index is -0.203. The molecule has 1 aromatic heterocycles. The van der Waals surface area contributed by atoms with Gasteiger partial charge in [0, 0.05) is 36.8 Å². The Morgan fingerprint density at radius 3 is 2.71 bits per heavy atom. The standard InChI is InChI=1S/C18H27N3O3/c1-11(2)18(24)21-7-5-6-14(10-21)16(22)19-9-15-12(3)8-13(4)20-17(15)23/h8,11,14H,5-7,9-10H2,1-4H3,(H,19,22)(H,20,23)/t14-/m0/s1. The average molecular weight is 333 g/mol. The maximum absolute atomic E-state index is 12.4. The van der Waals surface area contributed by atoms with Crippen LogP contribution in [-0.2, 0) is 16.1 Å². The third-order valence-corrected chi connectivity index (χ3v) is 4.53. The van der Waals surface area contributed by atoms with Crippen LogP contribution in [0.4, 0.5) is 0 Å². The van der Waals surface area contributed by atoms with Crippen molar-refractivity contribution >= 4 is 11.8 Å². The summed E-state index contributed by atoms with van der Waals surface area (Å²) >= 11 is 0. The molecule has 6 nitrogen and oxygen atoms in total. The van der Waals surface area contributed by atoms with Gasteiger partial charge in [0.15, 0.2) is 0 Å². The Kier molecular flexibility index (Phi) is 5.80. The third kappa shape index (κ3) is 4.24. The summed E-state index contributed by atoms with van der Waals surface area (Å²) < 4.78 is 0. The van der Waals surface area contributed by atoms with Crippen molar-refractivity contribution in [2.75, 3.05) is 13.1 Å². The first-order valence-electron chi connectivity index (χ1n) is 8.55. The monoisotopic (exact) mass is 333 g/mol. The molecule has 1 atom stereocenters. The van der Waals surface area contributed by atoms with Crippen LogP contribution < -0.4 is 10.9 Å². The van der Waals surface area contributed by atoms with Crippen LogP contribution in [0.25, 0.3) is 0 Å². The van der Waals surface area contributed by atoms with E-state index in [2.05, 4.69) is 10.3 Å². The predicted molar refractivity (Wildman–Crippen MR) is 92.5 cm³/mol. The van der Waals surface area contributed by atoms with Crippen molar-refractivity contribution in [3.05, 3.63) is 33.2 Å². The summed E-state index contributed by atoms with van der Waals surface area (Å²) in [5.41, 5.74) is 2.10. The number of aryl methyl sites for hydroxylation is 2. The van der Waals surface area contributed by atoms with Crippen molar-refractivity contribution < 1.29 is 9.59 Å². The largest absolute Gasteiger partial charge is 0.352 e. The minimum absolute atomic E-state index is 0.0550. The molecule has 0 bridgehead atoms. The number of pyridine rings is 1. The molecule has 0 spiro atoms. The van der Waals surface area contributed by atoms with Crippen LogP contribution in [0.2, 0.25) is 0 Å². The third-order valence-electron chi connectivity index (χ3n) is 4.53. The van der Waals surface area contributed by atoms with Crippen molar-refractivity contribution in [2.45, 2.75) is 47.1 Å². The van der Waals surface area contributed by atoms with E-state index < -0.39 is 0 Å². The molecule has 0 aromatic carbocycles. The molecule has 1 aromatic rings. The summed E-state index contributed by atoms with van der Waals surface area (Å²) in [7, 11) is 0. The van der Waals surface area contributed by atoms with Gasteiger partial charge in [-0.05, 0) is 38.3 Å². The lowest BCUT2D eigenvalue weighted by Crippen LogP contribution is -2.46. The second-order valence-electron chi connectivity index (χ2n) is 6.94. The van der Waals surface area contributed by atoms with Gasteiger partial charge in [-0.3, -0.25) is 14.4 Å². The number of nitrogens with one attached hydrogen (secondary N) is 2. The first-order chi connectivity index (χ1) is 11.3. The number of aromatic nitrogens is 1. The molecule has 1 fully saturated rings. The number of carbonyl (C=O) groups excluding carboxylic acids is 2. The van der Waals surface area contributed by atoms with E-state index >= 15 is 0 Å². The van der Waals surface area contributed by atoms with Gasteiger partial charge in [0.2, 0.25) is 11.8 Å². The Morgan fingerprint density at radius 2 is 2.08 bits per heavy atom. The molecule has 1 aliphatic heterocycles. The molecule has 0 radical (unpaired) electrons. The second-order valence-corrected chi connectivity index (χ2v) is 6.94. The molecule has 0 saturated carbocycles. The smallest absolute Gasteiger partial charge is 0.253 e. The van der Waals surface area contributed by atoms with Crippen LogP contribution in [0.15, 0.2) is 10.9 Å². The molecule has 132 valence electrons. The van der Waals surface area contributed by atoms with Crippen LogP contribution in [-0.4, -0.2) is 34.8 Å². The molecule has 24 heavy (non-hydrogen) atoms. The van der Waals surface area contributed by atoms with Crippen molar-refractivity contribution in [1.82, 2.24) is 15.2 Å². The van der Waals surface area contributed by atoms with E-state index in [4.69, 9.17) is 0 Å². The highest BCUT2D eigenvalue weighted by Gasteiger charge is 2.29. The lowest BCUT2D eigenvalue weighted by molar-refractivity contribution is -0.138. The van der Waals surface area contributed by atoms with Crippen molar-refractivity contribution in [3.63, 3.8) is 0 Å². The molecule has 6 heteroatoms. The lowest BCUT2D eigenvalue weighted by atomic mass is 9.96. The van der Waals surface area contributed by atoms with Crippen LogP contribution in [0.1, 0.15) is 43.5 Å². The molecule has 2 rings (SSSR count). The molecule has 1 aliphatic rings. The highest BCUT2D eigenvalue weighted by molar-refractivity contribution is 5.82. The zero-order chi connectivity index (χ0) is 17.9. The zero-order valence-corrected chi connectivity index (χ0v) is 14.9. The number of piperidine rings is 1. The summed E-state index contributed by atoms with van der Waals surface area (Å²) in [5, 5.41) is 2.86. The molecule has 1 saturated heterocycles. The topological polar surface area (TPSA) is 82.3 Å². The van der Waals surface area contributed by atoms with Gasteiger partial charge >= 0.3 is 0 Å². The number of aromatic amines is 1. The first-order valence-corrected chi connectivity index (χ1v) is 8.55. The number of H-pyrrole nitrogens is 1. The Morgan fingerprint density at radius 1 is 1.38 bits per heavy atom. The molecule has 2 heterocycles. The summed E-state index contributed by atoms with van der Waals surface area (Å²) in [5.74, 6) is -0.249. The summed E-state index contributed by atoms with van der Waals surface area (Å²) in [6, 6.07) is 1.90. The van der Waals surface area contributed by atoms with Crippen LogP contribution in [0.5, 0.6) is 0 Å². The zero-order valence-electron chi connectivity index (χ0n) is 14.9. The first kappa shape index (κ1) is 18.2. The second kappa shape index (κ2) is 7.64. The van der Waals surface area contributed by atoms with E-state index in [1.807, 2.05) is 33.8 Å². The Balaban J connectivity index is 1.98. The normalized spacial score (nSPS) is 17.9. The summed E-state index contributed by atoms with van der Waals surface area (Å²) in [4.78, 5) is 41.1. The van der Waals surface area contributed by atoms with Crippen molar-refractivity contribution in [2.24, 2.45) is 11.8 Å². The highest BCUT2D eigenvalue weighted by atomic mass is 16.2. The molecule has 0 aliphatic carbocycles. The van der Waals surface area contributed by atoms with Crippen molar-refractivity contribution in [3.8, 4) is 0 Å². The van der Waals surface area contributed by atoms with E-state index in [1.54, 1.807) is 4.90 Å². The maximum atomic E-state index is 12.4. The number of carbonyl (C=O) groups is 2. The van der Waals surface area contributed by atoms with Gasteiger partial charge in [0.05, 0.1) is 5.92 Å². The fraction of sp³-hybridized carbons (Fsp3) is 0.611. The van der Waals surface area contributed by atoms with E-state index in [0.717, 1.165) is 30.6 Å². The fourth-order valence-electron chi connectivity index (χ4n) is 3.18. The van der Waals surface area contributed by atoms with Gasteiger partial charge in [0.1, 0.15) is 0 Å². The number of nitrogens with zero attached hydrogens (tertiary/aromatic N) is 1. The highest BCUT2D eigenvalue weighted by Crippen LogP contribution is 2.18. The van der Waals surface area contributed by atoms with Crippen LogP contribution in [0.3, 0.4) is 0 Å². The van der Waals surface area contributed by atoms with Crippen LogP contribution >= 0.6 is 0 Å². The number of hydrogen-bond acceptors (Lipinski definition) is 3. The number of likely N-dealkylation sites (tertiary alicyclic amines) is 1. The number of hydrogen-bond donors (Lipinski definition) is 2. The molecule has 0 unspecified atom stereocenters. The minimum Gasteiger partial charge on any atom is -0.352 e. The van der Waals surface area contributed by atoms with Gasteiger partial charge in [-0.1, -0.05) is 13.8 Å². The molecule has 2 N–H and O–H groups in total. The quantitative estimate of drug-likeness (QED) is 0.876. The van der Waals surface area contributed by atoms with Crippen LogP contribution in [0, 0.1) is 25.7 Å². The molecular formula is C18H27N3O3. The Hall–Kier alpha value is -2.11. The van der Waals surface area contributed by atoms with Gasteiger partial charge in [0.25, 0.3) is 5.56 Å². The van der Waals surface area contributed by atoms with Gasteiger partial charge in [-0.15, -0.1) is 0 Å². The maximum Gasteiger partial charge on any atom is 0.253 e. The van der Waals surface area contributed by atoms with Gasteiger partial charge in [-0.25, -0.2) is 0 Å². The Bertz CT molecular complexity index is 679. The fourth-order valence-corrected chi connectivity index (χ4v) is 3.18. The van der Waals surface area contributed by atoms with E-state index in [0.29, 0.717) is 12.1 Å². The summed E-state index contributed by atoms with van der Waals surface area (Å²) in [6.07, 6.45) is 1.61. The predicted octanol–water partition coefficient (Wildman–Crippen LogP) is 1.50. The van der Waals surface area contributed by atoms with E-state index in [9.17, 15) is 14.4 Å². The molecule has 2 amide bonds.